The van der Waals surface area contributed by atoms with Crippen molar-refractivity contribution in [1.29, 1.82) is 0 Å². The lowest BCUT2D eigenvalue weighted by atomic mass is 9.49. The predicted octanol–water partition coefficient (Wildman–Crippen LogP) is 2.07. The van der Waals surface area contributed by atoms with Crippen LogP contribution in [-0.4, -0.2) is 55.3 Å². The van der Waals surface area contributed by atoms with Crippen LogP contribution in [0.5, 0.6) is 0 Å². The van der Waals surface area contributed by atoms with Gasteiger partial charge in [0, 0.05) is 12.0 Å². The number of nitrogens with zero attached hydrogens (tertiary/aromatic N) is 1. The third kappa shape index (κ3) is 3.29. The lowest BCUT2D eigenvalue weighted by molar-refractivity contribution is -0.153. The number of nitrogens with one attached hydrogen (secondary N) is 1. The van der Waals surface area contributed by atoms with Gasteiger partial charge in [-0.2, -0.15) is 0 Å². The molecule has 2 amide bonds. The van der Waals surface area contributed by atoms with Crippen LogP contribution in [0.2, 0.25) is 0 Å². The summed E-state index contributed by atoms with van der Waals surface area (Å²) < 4.78 is 11.3. The number of piperidine rings is 1. The molecule has 2 aliphatic heterocycles. The molecule has 6 fully saturated rings. The van der Waals surface area contributed by atoms with E-state index in [1.807, 2.05) is 4.90 Å². The first-order valence-corrected chi connectivity index (χ1v) is 10.9. The Balaban J connectivity index is 1.20. The minimum atomic E-state index is -0.298. The average molecular weight is 376 g/mol. The highest BCUT2D eigenvalue weighted by Crippen LogP contribution is 2.60. The molecular formula is C21H32N2O4. The molecule has 0 unspecified atom stereocenters. The number of hydrogen-bond acceptors (Lipinski definition) is 4. The number of amides is 2. The second-order valence-corrected chi connectivity index (χ2v) is 9.64. The maximum Gasteiger partial charge on any atom is 0.242 e. The van der Waals surface area contributed by atoms with Crippen LogP contribution in [0.25, 0.3) is 0 Å². The Morgan fingerprint density at radius 3 is 2.22 bits per heavy atom. The minimum Gasteiger partial charge on any atom is -0.348 e. The summed E-state index contributed by atoms with van der Waals surface area (Å²) in [4.78, 5) is 27.9. The maximum absolute atomic E-state index is 13.1. The van der Waals surface area contributed by atoms with Crippen LogP contribution in [0, 0.1) is 23.2 Å². The molecular weight excluding hydrogens is 344 g/mol. The molecule has 0 aromatic heterocycles. The van der Waals surface area contributed by atoms with E-state index in [1.54, 1.807) is 0 Å². The van der Waals surface area contributed by atoms with E-state index in [0.29, 0.717) is 13.2 Å². The van der Waals surface area contributed by atoms with Crippen LogP contribution >= 0.6 is 0 Å². The van der Waals surface area contributed by atoms with Gasteiger partial charge in [-0.3, -0.25) is 9.59 Å². The molecule has 4 bridgehead atoms. The first kappa shape index (κ1) is 17.9. The summed E-state index contributed by atoms with van der Waals surface area (Å²) in [6.07, 6.45) is 9.80. The fourth-order valence-corrected chi connectivity index (χ4v) is 6.98. The average Bonchev–Trinajstić information content (AvgIpc) is 3.19. The lowest BCUT2D eigenvalue weighted by Crippen LogP contribution is -2.56. The van der Waals surface area contributed by atoms with E-state index in [1.165, 1.54) is 19.3 Å². The van der Waals surface area contributed by atoms with E-state index in [0.717, 1.165) is 62.8 Å². The van der Waals surface area contributed by atoms with Crippen LogP contribution in [0.4, 0.5) is 0 Å². The predicted molar refractivity (Wildman–Crippen MR) is 98.7 cm³/mol. The standard InChI is InChI=1S/C21H32N2O4/c24-18(23-4-2-1-3-17(23)19-26-5-6-27-19)13-22-20(25)21-10-14-7-15(11-21)9-16(8-14)12-21/h14-17,19H,1-13H2,(H,22,25)/t14?,15?,16?,17-,21?/m0/s1. The normalized spacial score (nSPS) is 41.1. The Kier molecular flexibility index (Phi) is 4.67. The second kappa shape index (κ2) is 7.03. The first-order valence-electron chi connectivity index (χ1n) is 10.9. The first-order chi connectivity index (χ1) is 13.1. The molecule has 150 valence electrons. The second-order valence-electron chi connectivity index (χ2n) is 9.64. The molecule has 0 aromatic rings. The van der Waals surface area contributed by atoms with E-state index in [2.05, 4.69) is 5.32 Å². The zero-order chi connectivity index (χ0) is 18.4. The smallest absolute Gasteiger partial charge is 0.242 e. The molecule has 4 saturated carbocycles. The molecule has 6 heteroatoms. The van der Waals surface area contributed by atoms with E-state index in [9.17, 15) is 9.59 Å². The van der Waals surface area contributed by atoms with Crippen molar-refractivity contribution in [2.24, 2.45) is 23.2 Å². The highest BCUT2D eigenvalue weighted by atomic mass is 16.7. The topological polar surface area (TPSA) is 67.9 Å². The van der Waals surface area contributed by atoms with Crippen molar-refractivity contribution in [2.45, 2.75) is 70.1 Å². The number of carbonyl (C=O) groups excluding carboxylic acids is 2. The van der Waals surface area contributed by atoms with Crippen molar-refractivity contribution < 1.29 is 19.1 Å². The molecule has 6 rings (SSSR count). The molecule has 27 heavy (non-hydrogen) atoms. The van der Waals surface area contributed by atoms with Gasteiger partial charge in [-0.05, 0) is 75.5 Å². The van der Waals surface area contributed by atoms with Crippen molar-refractivity contribution >= 4 is 11.8 Å². The zero-order valence-corrected chi connectivity index (χ0v) is 16.2. The number of ether oxygens (including phenoxy) is 2. The van der Waals surface area contributed by atoms with Crippen molar-refractivity contribution in [2.75, 3.05) is 26.3 Å². The minimum absolute atomic E-state index is 0.00907. The van der Waals surface area contributed by atoms with Gasteiger partial charge in [0.2, 0.25) is 11.8 Å². The van der Waals surface area contributed by atoms with Crippen molar-refractivity contribution in [3.05, 3.63) is 0 Å². The third-order valence-corrected chi connectivity index (χ3v) is 7.75. The van der Waals surface area contributed by atoms with Gasteiger partial charge in [-0.25, -0.2) is 0 Å². The summed E-state index contributed by atoms with van der Waals surface area (Å²) in [7, 11) is 0. The van der Waals surface area contributed by atoms with Gasteiger partial charge in [-0.1, -0.05) is 0 Å². The molecule has 2 saturated heterocycles. The molecule has 0 aromatic carbocycles. The molecule has 6 aliphatic rings. The van der Waals surface area contributed by atoms with Crippen molar-refractivity contribution in [3.63, 3.8) is 0 Å². The van der Waals surface area contributed by atoms with Crippen molar-refractivity contribution in [3.8, 4) is 0 Å². The van der Waals surface area contributed by atoms with E-state index in [4.69, 9.17) is 9.47 Å². The fraction of sp³-hybridized carbons (Fsp3) is 0.905. The quantitative estimate of drug-likeness (QED) is 0.816. The van der Waals surface area contributed by atoms with Crippen molar-refractivity contribution in [1.82, 2.24) is 10.2 Å². The largest absolute Gasteiger partial charge is 0.348 e. The molecule has 1 atom stereocenters. The highest BCUT2D eigenvalue weighted by Gasteiger charge is 2.54. The van der Waals surface area contributed by atoms with Crippen LogP contribution < -0.4 is 5.32 Å². The van der Waals surface area contributed by atoms with E-state index in [-0.39, 0.29) is 36.1 Å². The summed E-state index contributed by atoms with van der Waals surface area (Å²) in [5, 5.41) is 3.04. The molecule has 1 N–H and O–H groups in total. The maximum atomic E-state index is 13.1. The Labute approximate surface area is 161 Å². The Morgan fingerprint density at radius 1 is 0.963 bits per heavy atom. The van der Waals surface area contributed by atoms with Gasteiger partial charge in [0.1, 0.15) is 0 Å². The van der Waals surface area contributed by atoms with Gasteiger partial charge in [0.15, 0.2) is 6.29 Å². The van der Waals surface area contributed by atoms with Gasteiger partial charge in [0.25, 0.3) is 0 Å². The molecule has 0 radical (unpaired) electrons. The summed E-state index contributed by atoms with van der Waals surface area (Å²) >= 11 is 0. The van der Waals surface area contributed by atoms with Crippen LogP contribution in [0.15, 0.2) is 0 Å². The summed E-state index contributed by atoms with van der Waals surface area (Å²) in [5.74, 6) is 2.36. The molecule has 4 aliphatic carbocycles. The molecule has 6 nitrogen and oxygen atoms in total. The Morgan fingerprint density at radius 2 is 1.59 bits per heavy atom. The van der Waals surface area contributed by atoms with Gasteiger partial charge < -0.3 is 19.7 Å². The summed E-state index contributed by atoms with van der Waals surface area (Å²) in [6.45, 7) is 2.06. The fourth-order valence-electron chi connectivity index (χ4n) is 6.98. The third-order valence-electron chi connectivity index (χ3n) is 7.75. The SMILES string of the molecule is O=C(CNC(=O)C12CC3CC(CC(C3)C1)C2)N1CCCC[C@H]1C1OCCO1. The lowest BCUT2D eigenvalue weighted by Gasteiger charge is -2.55. The number of rotatable bonds is 4. The summed E-state index contributed by atoms with van der Waals surface area (Å²) in [6, 6.07) is -0.00907. The summed E-state index contributed by atoms with van der Waals surface area (Å²) in [5.41, 5.74) is -0.187. The Hall–Kier alpha value is -1.14. The van der Waals surface area contributed by atoms with Crippen LogP contribution in [-0.2, 0) is 19.1 Å². The monoisotopic (exact) mass is 376 g/mol. The van der Waals surface area contributed by atoms with Crippen LogP contribution in [0.1, 0.15) is 57.8 Å². The van der Waals surface area contributed by atoms with Crippen LogP contribution in [0.3, 0.4) is 0 Å². The van der Waals surface area contributed by atoms with Gasteiger partial charge in [0.05, 0.1) is 25.8 Å². The molecule has 0 spiro atoms. The van der Waals surface area contributed by atoms with Gasteiger partial charge in [-0.15, -0.1) is 0 Å². The number of likely N-dealkylation sites (tertiary alicyclic amines) is 1. The highest BCUT2D eigenvalue weighted by molar-refractivity contribution is 5.88. The van der Waals surface area contributed by atoms with Gasteiger partial charge >= 0.3 is 0 Å². The van der Waals surface area contributed by atoms with E-state index >= 15 is 0 Å². The molecule has 2 heterocycles. The van der Waals surface area contributed by atoms with E-state index < -0.39 is 0 Å². The number of carbonyl (C=O) groups is 2. The number of hydrogen-bond donors (Lipinski definition) is 1. The zero-order valence-electron chi connectivity index (χ0n) is 16.2. The Bertz CT molecular complexity index is 566.